The number of hydrogen-bond donors (Lipinski definition) is 0. The minimum atomic E-state index is -3.80. The van der Waals surface area contributed by atoms with Crippen LogP contribution in [0.15, 0.2) is 34.8 Å². The first kappa shape index (κ1) is 30.2. The van der Waals surface area contributed by atoms with Crippen LogP contribution in [0.1, 0.15) is 71.8 Å². The van der Waals surface area contributed by atoms with Crippen LogP contribution in [-0.2, 0) is 26.3 Å². The normalized spacial score (nSPS) is 18.0. The number of aromatic nitrogens is 3. The molecule has 1 amide bonds. The molecule has 2 aromatic heterocycles. The lowest BCUT2D eigenvalue weighted by atomic mass is 9.97. The van der Waals surface area contributed by atoms with Crippen molar-refractivity contribution in [1.29, 1.82) is 0 Å². The summed E-state index contributed by atoms with van der Waals surface area (Å²) in [6, 6.07) is 5.23. The molecular formula is C25H24ClF4N5O5S2. The number of oxime groups is 1. The Hall–Kier alpha value is -3.24. The molecule has 3 aromatic rings. The van der Waals surface area contributed by atoms with E-state index in [2.05, 4.69) is 10.3 Å². The minimum absolute atomic E-state index is 0.0457. The Labute approximate surface area is 247 Å². The van der Waals surface area contributed by atoms with Crippen molar-refractivity contribution in [2.45, 2.75) is 50.7 Å². The largest absolute Gasteiger partial charge is 0.387 e. The maximum absolute atomic E-state index is 13.3. The average molecular weight is 650 g/mol. The Bertz CT molecular complexity index is 1610. The van der Waals surface area contributed by atoms with Crippen molar-refractivity contribution in [2.75, 3.05) is 19.3 Å². The van der Waals surface area contributed by atoms with Crippen LogP contribution in [0, 0.1) is 0 Å². The molecule has 4 heterocycles. The summed E-state index contributed by atoms with van der Waals surface area (Å²) in [5.41, 5.74) is 0.143. The summed E-state index contributed by atoms with van der Waals surface area (Å²) in [5.74, 6) is -0.382. The number of nitrogens with zero attached hydrogens (tertiary/aromatic N) is 5. The van der Waals surface area contributed by atoms with Gasteiger partial charge in [-0.15, -0.1) is 11.3 Å². The van der Waals surface area contributed by atoms with Crippen LogP contribution in [0.3, 0.4) is 0 Å². The molecule has 1 atom stereocenters. The highest BCUT2D eigenvalue weighted by molar-refractivity contribution is 7.86. The summed E-state index contributed by atoms with van der Waals surface area (Å²) >= 11 is 7.45. The van der Waals surface area contributed by atoms with E-state index in [0.717, 1.165) is 11.3 Å². The van der Waals surface area contributed by atoms with Crippen molar-refractivity contribution in [2.24, 2.45) is 5.16 Å². The van der Waals surface area contributed by atoms with Gasteiger partial charge in [-0.25, -0.2) is 22.5 Å². The highest BCUT2D eigenvalue weighted by Crippen LogP contribution is 2.38. The molecule has 0 bridgehead atoms. The molecule has 0 spiro atoms. The third-order valence-electron chi connectivity index (χ3n) is 6.81. The van der Waals surface area contributed by atoms with Gasteiger partial charge in [-0.05, 0) is 31.0 Å². The molecule has 2 aliphatic heterocycles. The van der Waals surface area contributed by atoms with Crippen LogP contribution in [0.5, 0.6) is 5.75 Å². The topological polar surface area (TPSA) is 116 Å². The van der Waals surface area contributed by atoms with Crippen molar-refractivity contribution in [3.8, 4) is 5.75 Å². The molecule has 1 aromatic carbocycles. The van der Waals surface area contributed by atoms with Gasteiger partial charge in [-0.3, -0.25) is 9.48 Å². The van der Waals surface area contributed by atoms with Crippen molar-refractivity contribution in [1.82, 2.24) is 19.7 Å². The fraction of sp³-hybridized carbons (Fsp3) is 0.440. The van der Waals surface area contributed by atoms with E-state index >= 15 is 0 Å². The van der Waals surface area contributed by atoms with Crippen molar-refractivity contribution in [3.05, 3.63) is 62.3 Å². The lowest BCUT2D eigenvalue weighted by molar-refractivity contribution is -0.133. The maximum atomic E-state index is 13.3. The first-order chi connectivity index (χ1) is 19.9. The first-order valence-electron chi connectivity index (χ1n) is 12.7. The monoisotopic (exact) mass is 649 g/mol. The Morgan fingerprint density at radius 1 is 1.19 bits per heavy atom. The van der Waals surface area contributed by atoms with Crippen LogP contribution in [0.2, 0.25) is 5.02 Å². The molecule has 226 valence electrons. The Morgan fingerprint density at radius 3 is 2.60 bits per heavy atom. The zero-order chi connectivity index (χ0) is 30.2. The molecule has 0 saturated carbocycles. The van der Waals surface area contributed by atoms with Gasteiger partial charge in [-0.2, -0.15) is 13.5 Å². The van der Waals surface area contributed by atoms with Crippen molar-refractivity contribution in [3.63, 3.8) is 0 Å². The van der Waals surface area contributed by atoms with Crippen LogP contribution >= 0.6 is 22.9 Å². The van der Waals surface area contributed by atoms with Crippen molar-refractivity contribution >= 4 is 44.7 Å². The van der Waals surface area contributed by atoms with E-state index in [-0.39, 0.29) is 11.7 Å². The molecule has 0 radical (unpaired) electrons. The number of rotatable bonds is 9. The summed E-state index contributed by atoms with van der Waals surface area (Å²) in [7, 11) is -3.80. The third-order valence-corrected chi connectivity index (χ3v) is 8.53. The molecule has 0 aliphatic carbocycles. The Morgan fingerprint density at radius 2 is 1.93 bits per heavy atom. The SMILES string of the molecule is CS(=O)(=O)Oc1cc(Cl)ccc1C1CC(c2csc(C3CCN(C(=O)Cn4nc(C(F)F)cc4C(F)F)CC3)n2)=NO1. The van der Waals surface area contributed by atoms with Gasteiger partial charge in [-0.1, -0.05) is 16.8 Å². The number of benzene rings is 1. The predicted octanol–water partition coefficient (Wildman–Crippen LogP) is 5.48. The lowest BCUT2D eigenvalue weighted by Gasteiger charge is -2.31. The summed E-state index contributed by atoms with van der Waals surface area (Å²) < 4.78 is 81.5. The molecule has 2 aliphatic rings. The number of likely N-dealkylation sites (tertiary alicyclic amines) is 1. The summed E-state index contributed by atoms with van der Waals surface area (Å²) in [6.45, 7) is 0.137. The van der Waals surface area contributed by atoms with E-state index in [9.17, 15) is 30.8 Å². The highest BCUT2D eigenvalue weighted by atomic mass is 35.5. The van der Waals surface area contributed by atoms with Gasteiger partial charge in [0.1, 0.15) is 23.6 Å². The van der Waals surface area contributed by atoms with Gasteiger partial charge in [0.2, 0.25) is 5.91 Å². The van der Waals surface area contributed by atoms with Crippen LogP contribution in [-0.4, -0.2) is 59.0 Å². The smallest absolute Gasteiger partial charge is 0.306 e. The van der Waals surface area contributed by atoms with Crippen LogP contribution in [0.4, 0.5) is 17.6 Å². The Balaban J connectivity index is 1.18. The number of hydrogen-bond acceptors (Lipinski definition) is 9. The minimum Gasteiger partial charge on any atom is -0.387 e. The molecule has 1 saturated heterocycles. The van der Waals surface area contributed by atoms with Crippen LogP contribution in [0.25, 0.3) is 0 Å². The second-order valence-electron chi connectivity index (χ2n) is 9.78. The average Bonchev–Trinajstić information content (AvgIpc) is 3.68. The fourth-order valence-corrected chi connectivity index (χ4v) is 6.41. The van der Waals surface area contributed by atoms with Gasteiger partial charge in [0.15, 0.2) is 11.9 Å². The molecule has 17 heteroatoms. The zero-order valence-electron chi connectivity index (χ0n) is 21.9. The third kappa shape index (κ3) is 6.86. The second-order valence-corrected chi connectivity index (χ2v) is 12.7. The van der Waals surface area contributed by atoms with Gasteiger partial charge >= 0.3 is 10.1 Å². The summed E-state index contributed by atoms with van der Waals surface area (Å²) in [5, 5.41) is 10.6. The van der Waals surface area contributed by atoms with E-state index in [1.54, 1.807) is 12.1 Å². The van der Waals surface area contributed by atoms with Gasteiger partial charge < -0.3 is 13.9 Å². The molecule has 0 N–H and O–H groups in total. The summed E-state index contributed by atoms with van der Waals surface area (Å²) in [6.07, 6.45) is -4.27. The van der Waals surface area contributed by atoms with E-state index in [4.69, 9.17) is 25.6 Å². The number of thiazole rings is 1. The maximum Gasteiger partial charge on any atom is 0.306 e. The zero-order valence-corrected chi connectivity index (χ0v) is 24.3. The predicted molar refractivity (Wildman–Crippen MR) is 145 cm³/mol. The van der Waals surface area contributed by atoms with E-state index in [1.807, 2.05) is 5.38 Å². The van der Waals surface area contributed by atoms with Gasteiger partial charge in [0, 0.05) is 47.5 Å². The molecule has 1 unspecified atom stereocenters. The van der Waals surface area contributed by atoms with E-state index < -0.39 is 52.9 Å². The molecule has 5 rings (SSSR count). The number of alkyl halides is 4. The Kier molecular flexibility index (Phi) is 8.76. The number of piperidine rings is 1. The quantitative estimate of drug-likeness (QED) is 0.223. The number of amides is 1. The molecular weight excluding hydrogens is 626 g/mol. The number of carbonyl (C=O) groups is 1. The summed E-state index contributed by atoms with van der Waals surface area (Å²) in [4.78, 5) is 24.5. The molecule has 42 heavy (non-hydrogen) atoms. The fourth-order valence-electron chi connectivity index (χ4n) is 4.78. The second kappa shape index (κ2) is 12.2. The molecule has 1 fully saturated rings. The lowest BCUT2D eigenvalue weighted by Crippen LogP contribution is -2.40. The molecule has 10 nitrogen and oxygen atoms in total. The first-order valence-corrected chi connectivity index (χ1v) is 15.7. The van der Waals surface area contributed by atoms with Crippen molar-refractivity contribution < 1.29 is 39.8 Å². The number of halogens is 5. The highest BCUT2D eigenvalue weighted by Gasteiger charge is 2.31. The van der Waals surface area contributed by atoms with Crippen LogP contribution < -0.4 is 4.18 Å². The van der Waals surface area contributed by atoms with E-state index in [1.165, 1.54) is 22.3 Å². The van der Waals surface area contributed by atoms with Gasteiger partial charge in [0.05, 0.1) is 17.0 Å². The van der Waals surface area contributed by atoms with Gasteiger partial charge in [0.25, 0.3) is 12.9 Å². The number of carbonyl (C=O) groups excluding carboxylic acids is 1. The van der Waals surface area contributed by atoms with E-state index in [0.29, 0.717) is 65.1 Å². The standard InChI is InChI=1S/C25H24ClF4N5O5S2/c1-42(37,38)40-21-8-14(26)2-3-15(21)20-10-16(33-39-20)18-12-41-25(31-18)13-4-6-34(7-5-13)22(36)11-35-19(24(29)30)9-17(32-35)23(27)28/h2-3,8-9,12-13,20,23-24H,4-7,10-11H2,1H3.